The number of phosphoric ester groups is 1. The van der Waals surface area contributed by atoms with Crippen LogP contribution in [-0.4, -0.2) is 92.5 Å². The van der Waals surface area contributed by atoms with Crippen LogP contribution in [0.3, 0.4) is 0 Å². The van der Waals surface area contributed by atoms with Gasteiger partial charge in [-0.15, -0.1) is 0 Å². The molecule has 332 valence electrons. The molecule has 0 rings (SSSR count). The van der Waals surface area contributed by atoms with Crippen molar-refractivity contribution in [1.82, 2.24) is 0 Å². The van der Waals surface area contributed by atoms with Crippen molar-refractivity contribution in [3.63, 3.8) is 0 Å². The van der Waals surface area contributed by atoms with Gasteiger partial charge in [0.15, 0.2) is 6.10 Å². The molecule has 0 radical (unpaired) electrons. The Morgan fingerprint density at radius 2 is 1.26 bits per heavy atom. The normalized spacial score (nSPS) is 15.5. The van der Waals surface area contributed by atoms with Gasteiger partial charge in [-0.25, -0.2) is 0 Å². The van der Waals surface area contributed by atoms with Crippen molar-refractivity contribution < 1.29 is 52.3 Å². The SMILES string of the molecule is CC/C=C\C/C=C\C/C=C\CCCCCCCC(=O)OC[C@H](COP(=O)([O-])OCC[N+](C)(C)C)OC(=O)CCC[C@@H](O)\C=C/C=C/C=C/[C@@H](O)C/C=C\CCCCC. The molecule has 0 aliphatic heterocycles. The summed E-state index contributed by atoms with van der Waals surface area (Å²) in [5, 5.41) is 20.3. The molecule has 0 aromatic rings. The average Bonchev–Trinajstić information content (AvgIpc) is 3.16. The van der Waals surface area contributed by atoms with E-state index in [1.165, 1.54) is 12.8 Å². The minimum atomic E-state index is -4.70. The molecule has 0 aromatic carbocycles. The Morgan fingerprint density at radius 1 is 0.672 bits per heavy atom. The predicted molar refractivity (Wildman–Crippen MR) is 234 cm³/mol. The first kappa shape index (κ1) is 55.1. The van der Waals surface area contributed by atoms with E-state index in [4.69, 9.17) is 18.5 Å². The fourth-order valence-corrected chi connectivity index (χ4v) is 5.88. The second kappa shape index (κ2) is 37.1. The Morgan fingerprint density at radius 3 is 1.93 bits per heavy atom. The van der Waals surface area contributed by atoms with E-state index in [0.717, 1.165) is 64.2 Å². The molecule has 0 bridgehead atoms. The second-order valence-corrected chi connectivity index (χ2v) is 16.8. The maximum absolute atomic E-state index is 12.7. The quantitative estimate of drug-likeness (QED) is 0.0155. The first-order chi connectivity index (χ1) is 27.8. The lowest BCUT2D eigenvalue weighted by Gasteiger charge is -2.28. The summed E-state index contributed by atoms with van der Waals surface area (Å²) < 4.78 is 33.6. The van der Waals surface area contributed by atoms with Crippen LogP contribution in [0.15, 0.2) is 85.1 Å². The Balaban J connectivity index is 4.69. The van der Waals surface area contributed by atoms with Crippen molar-refractivity contribution in [2.75, 3.05) is 47.5 Å². The number of unbranched alkanes of at least 4 members (excludes halogenated alkanes) is 8. The maximum Gasteiger partial charge on any atom is 0.306 e. The van der Waals surface area contributed by atoms with Crippen molar-refractivity contribution in [3.05, 3.63) is 85.1 Å². The number of likely N-dealkylation sites (N-methyl/N-ethyl adjacent to an activating group) is 1. The van der Waals surface area contributed by atoms with Crippen LogP contribution >= 0.6 is 7.82 Å². The van der Waals surface area contributed by atoms with Crippen LogP contribution in [0, 0.1) is 0 Å². The molecule has 2 N–H and O–H groups in total. The van der Waals surface area contributed by atoms with Crippen molar-refractivity contribution in [3.8, 4) is 0 Å². The van der Waals surface area contributed by atoms with Gasteiger partial charge in [0.05, 0.1) is 40.0 Å². The number of carbonyl (C=O) groups excluding carboxylic acids is 2. The minimum Gasteiger partial charge on any atom is -0.756 e. The van der Waals surface area contributed by atoms with Crippen molar-refractivity contribution in [2.24, 2.45) is 0 Å². The molecule has 0 saturated carbocycles. The number of hydrogen-bond donors (Lipinski definition) is 2. The van der Waals surface area contributed by atoms with Gasteiger partial charge >= 0.3 is 11.9 Å². The van der Waals surface area contributed by atoms with Crippen LogP contribution in [0.5, 0.6) is 0 Å². The number of ether oxygens (including phenoxy) is 2. The van der Waals surface area contributed by atoms with E-state index in [-0.39, 0.29) is 32.5 Å². The van der Waals surface area contributed by atoms with Crippen molar-refractivity contribution in [2.45, 2.75) is 148 Å². The molecule has 0 aliphatic carbocycles. The van der Waals surface area contributed by atoms with Crippen LogP contribution in [0.4, 0.5) is 0 Å². The molecule has 0 fully saturated rings. The molecule has 0 aliphatic rings. The molecule has 58 heavy (non-hydrogen) atoms. The minimum absolute atomic E-state index is 0.0440. The number of carbonyl (C=O) groups is 2. The van der Waals surface area contributed by atoms with Crippen molar-refractivity contribution in [1.29, 1.82) is 0 Å². The third kappa shape index (κ3) is 39.9. The highest BCUT2D eigenvalue weighted by atomic mass is 31.2. The fraction of sp³-hybridized carbons (Fsp3) is 0.652. The first-order valence-corrected chi connectivity index (χ1v) is 23.0. The molecular formula is C46H78NO10P. The molecule has 0 amide bonds. The number of quaternary nitrogens is 1. The zero-order valence-electron chi connectivity index (χ0n) is 36.4. The van der Waals surface area contributed by atoms with Crippen molar-refractivity contribution >= 4 is 19.8 Å². The molecule has 12 heteroatoms. The summed E-state index contributed by atoms with van der Waals surface area (Å²) in [6, 6.07) is 0. The number of rotatable bonds is 37. The highest BCUT2D eigenvalue weighted by Gasteiger charge is 2.22. The van der Waals surface area contributed by atoms with Crippen LogP contribution < -0.4 is 4.89 Å². The monoisotopic (exact) mass is 836 g/mol. The summed E-state index contributed by atoms with van der Waals surface area (Å²) in [6.45, 7) is 3.71. The zero-order valence-corrected chi connectivity index (χ0v) is 37.3. The topological polar surface area (TPSA) is 152 Å². The van der Waals surface area contributed by atoms with Gasteiger partial charge in [-0.1, -0.05) is 131 Å². The number of allylic oxidation sites excluding steroid dienone is 11. The second-order valence-electron chi connectivity index (χ2n) is 15.4. The molecule has 0 saturated heterocycles. The Kier molecular flexibility index (Phi) is 35.3. The van der Waals surface area contributed by atoms with Gasteiger partial charge in [-0.3, -0.25) is 14.2 Å². The van der Waals surface area contributed by atoms with E-state index in [1.807, 2.05) is 27.2 Å². The van der Waals surface area contributed by atoms with E-state index in [0.29, 0.717) is 30.3 Å². The lowest BCUT2D eigenvalue weighted by atomic mass is 10.1. The lowest BCUT2D eigenvalue weighted by molar-refractivity contribution is -0.870. The Hall–Kier alpha value is -2.89. The summed E-state index contributed by atoms with van der Waals surface area (Å²) in [7, 11) is 0.983. The third-order valence-corrected chi connectivity index (χ3v) is 9.55. The number of hydrogen-bond acceptors (Lipinski definition) is 10. The Bertz CT molecular complexity index is 1300. The van der Waals surface area contributed by atoms with E-state index in [2.05, 4.69) is 56.4 Å². The van der Waals surface area contributed by atoms with Crippen LogP contribution in [0.2, 0.25) is 0 Å². The van der Waals surface area contributed by atoms with Gasteiger partial charge in [0.1, 0.15) is 19.8 Å². The molecule has 0 heterocycles. The lowest BCUT2D eigenvalue weighted by Crippen LogP contribution is -2.37. The standard InChI is InChI=1S/C46H78NO10P/c1-6-8-10-12-14-15-16-17-18-19-20-21-22-24-30-36-45(50)54-40-44(41-56-58(52,53)55-39-38-47(3,4)5)57-46(51)37-31-35-43(49)34-29-26-25-28-33-42(48)32-27-23-13-11-9-7-2/h8,10,14-15,17-18,23,25-29,33-34,42-44,48-49H,6-7,9,11-13,16,19-22,24,30-32,35-41H2,1-5H3/b10-8-,15-14-,18-17-,26-25+,27-23-,33-28+,34-29-/t42-,43-,44+/m0/s1. The molecule has 0 aromatic heterocycles. The number of nitrogens with zero attached hydrogens (tertiary/aromatic N) is 1. The summed E-state index contributed by atoms with van der Waals surface area (Å²) in [5.74, 6) is -1.11. The van der Waals surface area contributed by atoms with Crippen LogP contribution in [0.25, 0.3) is 0 Å². The third-order valence-electron chi connectivity index (χ3n) is 8.59. The smallest absolute Gasteiger partial charge is 0.306 e. The number of esters is 2. The summed E-state index contributed by atoms with van der Waals surface area (Å²) >= 11 is 0. The highest BCUT2D eigenvalue weighted by molar-refractivity contribution is 7.45. The van der Waals surface area contributed by atoms with E-state index in [1.54, 1.807) is 36.5 Å². The van der Waals surface area contributed by atoms with Gasteiger partial charge in [0.25, 0.3) is 7.82 Å². The highest BCUT2D eigenvalue weighted by Crippen LogP contribution is 2.38. The van der Waals surface area contributed by atoms with E-state index >= 15 is 0 Å². The summed E-state index contributed by atoms with van der Waals surface area (Å²) in [5.41, 5.74) is 0. The fourth-order valence-electron chi connectivity index (χ4n) is 5.15. The Labute approximate surface area is 351 Å². The molecule has 11 nitrogen and oxygen atoms in total. The summed E-state index contributed by atoms with van der Waals surface area (Å²) in [6.07, 6.45) is 39.6. The van der Waals surface area contributed by atoms with E-state index < -0.39 is 44.7 Å². The average molecular weight is 836 g/mol. The molecule has 4 atom stereocenters. The maximum atomic E-state index is 12.7. The van der Waals surface area contributed by atoms with Crippen LogP contribution in [0.1, 0.15) is 129 Å². The number of phosphoric acid groups is 1. The van der Waals surface area contributed by atoms with Gasteiger partial charge in [-0.05, 0) is 70.6 Å². The van der Waals surface area contributed by atoms with Gasteiger partial charge in [0.2, 0.25) is 0 Å². The number of aliphatic hydroxyl groups is 2. The molecule has 1 unspecified atom stereocenters. The van der Waals surface area contributed by atoms with E-state index in [9.17, 15) is 29.3 Å². The van der Waals surface area contributed by atoms with Gasteiger partial charge in [0, 0.05) is 12.8 Å². The van der Waals surface area contributed by atoms with Crippen LogP contribution in [-0.2, 0) is 32.7 Å². The summed E-state index contributed by atoms with van der Waals surface area (Å²) in [4.78, 5) is 37.5. The first-order valence-electron chi connectivity index (χ1n) is 21.5. The predicted octanol–water partition coefficient (Wildman–Crippen LogP) is 9.33. The molecular weight excluding hydrogens is 757 g/mol. The van der Waals surface area contributed by atoms with Gasteiger partial charge in [-0.2, -0.15) is 0 Å². The molecule has 0 spiro atoms. The van der Waals surface area contributed by atoms with Gasteiger partial charge < -0.3 is 38.1 Å². The largest absolute Gasteiger partial charge is 0.756 e. The zero-order chi connectivity index (χ0) is 43.2. The number of aliphatic hydroxyl groups excluding tert-OH is 2.